The summed E-state index contributed by atoms with van der Waals surface area (Å²) in [6.45, 7) is 4.24. The van der Waals surface area contributed by atoms with Crippen LogP contribution < -0.4 is 5.73 Å². The highest BCUT2D eigenvalue weighted by Gasteiger charge is 2.21. The largest absolute Gasteiger partial charge is 0.481 e. The molecule has 1 rings (SSSR count). The second kappa shape index (κ2) is 4.94. The van der Waals surface area contributed by atoms with Crippen LogP contribution in [0.4, 0.5) is 0 Å². The van der Waals surface area contributed by atoms with Gasteiger partial charge in [-0.05, 0) is 17.0 Å². The molecule has 1 aromatic carbocycles. The Morgan fingerprint density at radius 2 is 1.87 bits per heavy atom. The highest BCUT2D eigenvalue weighted by atomic mass is 16.4. The maximum atomic E-state index is 11.0. The standard InChI is InChI=1S/C12H17NO2/c1-8(2)9-5-3-4-6-10(9)11(7-13)12(14)15/h3-6,8,11H,7,13H2,1-2H3,(H,14,15). The minimum Gasteiger partial charge on any atom is -0.481 e. The summed E-state index contributed by atoms with van der Waals surface area (Å²) in [6, 6.07) is 7.59. The van der Waals surface area contributed by atoms with Crippen LogP contribution in [0.5, 0.6) is 0 Å². The van der Waals surface area contributed by atoms with Gasteiger partial charge in [0.25, 0.3) is 0 Å². The van der Waals surface area contributed by atoms with E-state index in [1.807, 2.05) is 38.1 Å². The summed E-state index contributed by atoms with van der Waals surface area (Å²) in [5.41, 5.74) is 7.39. The second-order valence-electron chi connectivity index (χ2n) is 3.91. The van der Waals surface area contributed by atoms with Crippen molar-refractivity contribution in [2.75, 3.05) is 6.54 Å². The van der Waals surface area contributed by atoms with Crippen molar-refractivity contribution in [2.45, 2.75) is 25.7 Å². The molecule has 0 heterocycles. The Morgan fingerprint density at radius 3 is 2.27 bits per heavy atom. The van der Waals surface area contributed by atoms with Gasteiger partial charge in [-0.3, -0.25) is 4.79 Å². The first-order chi connectivity index (χ1) is 7.07. The minimum atomic E-state index is -0.856. The van der Waals surface area contributed by atoms with Crippen molar-refractivity contribution in [3.8, 4) is 0 Å². The molecule has 1 atom stereocenters. The van der Waals surface area contributed by atoms with Crippen LogP contribution in [0.2, 0.25) is 0 Å². The molecule has 3 heteroatoms. The lowest BCUT2D eigenvalue weighted by molar-refractivity contribution is -0.138. The van der Waals surface area contributed by atoms with Gasteiger partial charge < -0.3 is 10.8 Å². The highest BCUT2D eigenvalue weighted by Crippen LogP contribution is 2.25. The molecule has 0 aliphatic rings. The summed E-state index contributed by atoms with van der Waals surface area (Å²) in [5, 5.41) is 9.05. The normalized spacial score (nSPS) is 12.8. The van der Waals surface area contributed by atoms with E-state index in [-0.39, 0.29) is 6.54 Å². The molecular formula is C12H17NO2. The molecule has 0 saturated carbocycles. The summed E-state index contributed by atoms with van der Waals surface area (Å²) in [5.74, 6) is -1.14. The first-order valence-corrected chi connectivity index (χ1v) is 5.09. The number of rotatable bonds is 4. The molecule has 0 spiro atoms. The molecule has 0 fully saturated rings. The van der Waals surface area contributed by atoms with Gasteiger partial charge in [-0.25, -0.2) is 0 Å². The monoisotopic (exact) mass is 207 g/mol. The van der Waals surface area contributed by atoms with E-state index >= 15 is 0 Å². The van der Waals surface area contributed by atoms with E-state index < -0.39 is 11.9 Å². The zero-order chi connectivity index (χ0) is 11.4. The third-order valence-corrected chi connectivity index (χ3v) is 2.53. The van der Waals surface area contributed by atoms with Gasteiger partial charge in [-0.2, -0.15) is 0 Å². The van der Waals surface area contributed by atoms with E-state index in [1.165, 1.54) is 0 Å². The van der Waals surface area contributed by atoms with E-state index in [1.54, 1.807) is 0 Å². The average Bonchev–Trinajstić information content (AvgIpc) is 2.18. The lowest BCUT2D eigenvalue weighted by Gasteiger charge is -2.17. The summed E-state index contributed by atoms with van der Waals surface area (Å²) in [7, 11) is 0. The molecule has 82 valence electrons. The Morgan fingerprint density at radius 1 is 1.33 bits per heavy atom. The molecule has 0 aliphatic heterocycles. The lowest BCUT2D eigenvalue weighted by Crippen LogP contribution is -2.22. The van der Waals surface area contributed by atoms with E-state index in [0.717, 1.165) is 11.1 Å². The molecule has 3 N–H and O–H groups in total. The smallest absolute Gasteiger partial charge is 0.312 e. The first kappa shape index (κ1) is 11.7. The molecule has 1 unspecified atom stereocenters. The van der Waals surface area contributed by atoms with Crippen LogP contribution in [0.25, 0.3) is 0 Å². The summed E-state index contributed by atoms with van der Waals surface area (Å²) in [6.07, 6.45) is 0. The van der Waals surface area contributed by atoms with Crippen molar-refractivity contribution in [2.24, 2.45) is 5.73 Å². The number of carbonyl (C=O) groups is 1. The fourth-order valence-electron chi connectivity index (χ4n) is 1.71. The molecule has 1 aromatic rings. The van der Waals surface area contributed by atoms with Gasteiger partial charge in [0.05, 0.1) is 5.92 Å². The molecule has 3 nitrogen and oxygen atoms in total. The summed E-state index contributed by atoms with van der Waals surface area (Å²) in [4.78, 5) is 11.0. The van der Waals surface area contributed by atoms with Crippen LogP contribution in [-0.4, -0.2) is 17.6 Å². The van der Waals surface area contributed by atoms with E-state index in [9.17, 15) is 4.79 Å². The van der Waals surface area contributed by atoms with Crippen LogP contribution in [0.3, 0.4) is 0 Å². The number of hydrogen-bond acceptors (Lipinski definition) is 2. The third-order valence-electron chi connectivity index (χ3n) is 2.53. The molecule has 0 aromatic heterocycles. The predicted molar refractivity (Wildman–Crippen MR) is 60.0 cm³/mol. The SMILES string of the molecule is CC(C)c1ccccc1C(CN)C(=O)O. The van der Waals surface area contributed by atoms with Gasteiger partial charge in [0.15, 0.2) is 0 Å². The number of benzene rings is 1. The Kier molecular flexibility index (Phi) is 3.86. The Balaban J connectivity index is 3.16. The number of hydrogen-bond donors (Lipinski definition) is 2. The number of nitrogens with two attached hydrogens (primary N) is 1. The topological polar surface area (TPSA) is 63.3 Å². The van der Waals surface area contributed by atoms with E-state index in [4.69, 9.17) is 10.8 Å². The molecular weight excluding hydrogens is 190 g/mol. The quantitative estimate of drug-likeness (QED) is 0.793. The highest BCUT2D eigenvalue weighted by molar-refractivity contribution is 5.77. The summed E-state index contributed by atoms with van der Waals surface area (Å²) < 4.78 is 0. The first-order valence-electron chi connectivity index (χ1n) is 5.09. The van der Waals surface area contributed by atoms with Gasteiger partial charge in [-0.15, -0.1) is 0 Å². The Bertz CT molecular complexity index is 347. The van der Waals surface area contributed by atoms with Crippen LogP contribution in [-0.2, 0) is 4.79 Å². The fraction of sp³-hybridized carbons (Fsp3) is 0.417. The summed E-state index contributed by atoms with van der Waals surface area (Å²) >= 11 is 0. The number of carboxylic acid groups (broad SMARTS) is 1. The lowest BCUT2D eigenvalue weighted by atomic mass is 9.89. The van der Waals surface area contributed by atoms with E-state index in [2.05, 4.69) is 0 Å². The zero-order valence-corrected chi connectivity index (χ0v) is 9.10. The number of carboxylic acids is 1. The van der Waals surface area contributed by atoms with Crippen molar-refractivity contribution in [1.82, 2.24) is 0 Å². The Labute approximate surface area is 89.9 Å². The van der Waals surface area contributed by atoms with Gasteiger partial charge in [0.1, 0.15) is 0 Å². The maximum absolute atomic E-state index is 11.0. The van der Waals surface area contributed by atoms with Crippen molar-refractivity contribution in [1.29, 1.82) is 0 Å². The molecule has 0 radical (unpaired) electrons. The van der Waals surface area contributed by atoms with Crippen LogP contribution in [0, 0.1) is 0 Å². The maximum Gasteiger partial charge on any atom is 0.312 e. The Hall–Kier alpha value is -1.35. The van der Waals surface area contributed by atoms with Crippen LogP contribution in [0.15, 0.2) is 24.3 Å². The zero-order valence-electron chi connectivity index (χ0n) is 9.10. The molecule has 0 amide bonds. The van der Waals surface area contributed by atoms with Crippen molar-refractivity contribution in [3.63, 3.8) is 0 Å². The third kappa shape index (κ3) is 2.57. The number of aliphatic carboxylic acids is 1. The van der Waals surface area contributed by atoms with Gasteiger partial charge in [0.2, 0.25) is 0 Å². The van der Waals surface area contributed by atoms with Gasteiger partial charge in [-0.1, -0.05) is 38.1 Å². The average molecular weight is 207 g/mol. The predicted octanol–water partition coefficient (Wildman–Crippen LogP) is 1.94. The fourth-order valence-corrected chi connectivity index (χ4v) is 1.71. The van der Waals surface area contributed by atoms with Gasteiger partial charge >= 0.3 is 5.97 Å². The van der Waals surface area contributed by atoms with Crippen molar-refractivity contribution >= 4 is 5.97 Å². The second-order valence-corrected chi connectivity index (χ2v) is 3.91. The molecule has 0 saturated heterocycles. The molecule has 15 heavy (non-hydrogen) atoms. The van der Waals surface area contributed by atoms with Crippen molar-refractivity contribution in [3.05, 3.63) is 35.4 Å². The minimum absolute atomic E-state index is 0.138. The van der Waals surface area contributed by atoms with Gasteiger partial charge in [0, 0.05) is 6.54 Å². The molecule has 0 bridgehead atoms. The van der Waals surface area contributed by atoms with Crippen LogP contribution in [0.1, 0.15) is 36.8 Å². The van der Waals surface area contributed by atoms with Crippen LogP contribution >= 0.6 is 0 Å². The molecule has 0 aliphatic carbocycles. The van der Waals surface area contributed by atoms with E-state index in [0.29, 0.717) is 5.92 Å². The van der Waals surface area contributed by atoms with Crippen molar-refractivity contribution < 1.29 is 9.90 Å².